The number of methoxy groups -OCH3 is 1. The first-order chi connectivity index (χ1) is 11.5. The van der Waals surface area contributed by atoms with Crippen molar-refractivity contribution in [2.45, 2.75) is 18.4 Å². The lowest BCUT2D eigenvalue weighted by Crippen LogP contribution is -2.14. The Balaban J connectivity index is 2.20. The third-order valence-electron chi connectivity index (χ3n) is 3.55. The minimum Gasteiger partial charge on any atom is -0.437 e. The van der Waals surface area contributed by atoms with E-state index in [2.05, 4.69) is 4.40 Å². The summed E-state index contributed by atoms with van der Waals surface area (Å²) in [6, 6.07) is 15.7. The molecule has 0 radical (unpaired) electrons. The van der Waals surface area contributed by atoms with E-state index in [1.807, 2.05) is 31.2 Å². The van der Waals surface area contributed by atoms with Crippen LogP contribution in [0.5, 0.6) is 0 Å². The Kier molecular flexibility index (Phi) is 4.51. The highest BCUT2D eigenvalue weighted by molar-refractivity contribution is 7.90. The number of ether oxygens (including phenoxy) is 1. The first kappa shape index (κ1) is 16.4. The Morgan fingerprint density at radius 3 is 2.50 bits per heavy atom. The van der Waals surface area contributed by atoms with Crippen LogP contribution in [0.4, 0.5) is 0 Å². The molecule has 0 N–H and O–H groups in total. The molecule has 3 aromatic rings. The minimum atomic E-state index is -3.86. The molecule has 1 aromatic heterocycles. The van der Waals surface area contributed by atoms with Crippen LogP contribution in [0.25, 0.3) is 11.0 Å². The van der Waals surface area contributed by atoms with Crippen molar-refractivity contribution in [3.05, 3.63) is 71.3 Å². The first-order valence-corrected chi connectivity index (χ1v) is 8.82. The largest absolute Gasteiger partial charge is 0.437 e. The van der Waals surface area contributed by atoms with E-state index in [1.165, 1.54) is 19.2 Å². The second-order valence-electron chi connectivity index (χ2n) is 5.43. The van der Waals surface area contributed by atoms with Gasteiger partial charge in [0.25, 0.3) is 10.0 Å². The molecule has 2 aromatic carbocycles. The van der Waals surface area contributed by atoms with Crippen molar-refractivity contribution in [2.24, 2.45) is 4.40 Å². The van der Waals surface area contributed by atoms with Gasteiger partial charge in [0.2, 0.25) is 5.55 Å². The zero-order chi connectivity index (χ0) is 17.2. The van der Waals surface area contributed by atoms with E-state index in [9.17, 15) is 8.42 Å². The lowest BCUT2D eigenvalue weighted by molar-refractivity contribution is 0.181. The maximum atomic E-state index is 12.5. The van der Waals surface area contributed by atoms with Crippen LogP contribution in [0, 0.1) is 6.92 Å². The molecule has 0 unspecified atom stereocenters. The highest BCUT2D eigenvalue weighted by Gasteiger charge is 2.14. The molecular formula is C18H17NO4S. The molecular weight excluding hydrogens is 326 g/mol. The van der Waals surface area contributed by atoms with Crippen molar-refractivity contribution >= 4 is 21.0 Å². The molecule has 0 atom stereocenters. The van der Waals surface area contributed by atoms with Crippen LogP contribution in [-0.2, 0) is 21.4 Å². The average Bonchev–Trinajstić information content (AvgIpc) is 2.56. The summed E-state index contributed by atoms with van der Waals surface area (Å²) in [5, 5.41) is 0.858. The molecule has 0 amide bonds. The summed E-state index contributed by atoms with van der Waals surface area (Å²) in [6.07, 6.45) is 0. The van der Waals surface area contributed by atoms with E-state index in [1.54, 1.807) is 18.2 Å². The van der Waals surface area contributed by atoms with E-state index in [0.717, 1.165) is 10.9 Å². The predicted molar refractivity (Wildman–Crippen MR) is 90.9 cm³/mol. The molecule has 0 spiro atoms. The van der Waals surface area contributed by atoms with E-state index in [4.69, 9.17) is 9.15 Å². The maximum Gasteiger partial charge on any atom is 0.285 e. The van der Waals surface area contributed by atoms with Gasteiger partial charge >= 0.3 is 0 Å². The van der Waals surface area contributed by atoms with E-state index in [-0.39, 0.29) is 17.1 Å². The Hall–Kier alpha value is -2.44. The summed E-state index contributed by atoms with van der Waals surface area (Å²) in [5.41, 5.74) is 2.16. The molecule has 0 bridgehead atoms. The zero-order valence-corrected chi connectivity index (χ0v) is 14.2. The van der Waals surface area contributed by atoms with Crippen molar-refractivity contribution in [1.29, 1.82) is 0 Å². The number of sulfonamides is 1. The molecule has 6 heteroatoms. The molecule has 0 aliphatic rings. The second kappa shape index (κ2) is 6.59. The molecule has 0 fully saturated rings. The SMILES string of the molecule is COCc1cc2ccccc2o/c1=N\S(=O)(=O)c1ccc(C)cc1. The molecule has 0 saturated carbocycles. The van der Waals surface area contributed by atoms with Crippen molar-refractivity contribution in [1.82, 2.24) is 0 Å². The van der Waals surface area contributed by atoms with Crippen LogP contribution in [0.2, 0.25) is 0 Å². The molecule has 1 heterocycles. The van der Waals surface area contributed by atoms with Gasteiger partial charge < -0.3 is 9.15 Å². The number of para-hydroxylation sites is 1. The van der Waals surface area contributed by atoms with Crippen molar-refractivity contribution in [3.8, 4) is 0 Å². The van der Waals surface area contributed by atoms with Crippen LogP contribution < -0.4 is 5.55 Å². The fourth-order valence-electron chi connectivity index (χ4n) is 2.32. The van der Waals surface area contributed by atoms with Gasteiger partial charge in [-0.2, -0.15) is 8.42 Å². The number of hydrogen-bond acceptors (Lipinski definition) is 4. The van der Waals surface area contributed by atoms with E-state index >= 15 is 0 Å². The third kappa shape index (κ3) is 3.39. The van der Waals surface area contributed by atoms with Crippen LogP contribution in [0.1, 0.15) is 11.1 Å². The summed E-state index contributed by atoms with van der Waals surface area (Å²) in [7, 11) is -2.33. The molecule has 3 rings (SSSR count). The normalized spacial score (nSPS) is 12.7. The number of benzene rings is 2. The third-order valence-corrected chi connectivity index (χ3v) is 4.83. The number of aryl methyl sites for hydroxylation is 1. The van der Waals surface area contributed by atoms with Gasteiger partial charge in [0.1, 0.15) is 5.58 Å². The van der Waals surface area contributed by atoms with Gasteiger partial charge in [-0.25, -0.2) is 0 Å². The Morgan fingerprint density at radius 2 is 1.79 bits per heavy atom. The molecule has 5 nitrogen and oxygen atoms in total. The van der Waals surface area contributed by atoms with Gasteiger partial charge in [0, 0.05) is 18.1 Å². The van der Waals surface area contributed by atoms with E-state index < -0.39 is 10.0 Å². The number of nitrogens with zero attached hydrogens (tertiary/aromatic N) is 1. The summed E-state index contributed by atoms with van der Waals surface area (Å²) in [4.78, 5) is 0.125. The monoisotopic (exact) mass is 343 g/mol. The number of fused-ring (bicyclic) bond motifs is 1. The van der Waals surface area contributed by atoms with Gasteiger partial charge in [0.15, 0.2) is 0 Å². The van der Waals surface area contributed by atoms with Gasteiger partial charge in [-0.1, -0.05) is 35.9 Å². The summed E-state index contributed by atoms with van der Waals surface area (Å²) in [5.74, 6) is 0. The maximum absolute atomic E-state index is 12.5. The fourth-order valence-corrected chi connectivity index (χ4v) is 3.28. The minimum absolute atomic E-state index is 0.0381. The second-order valence-corrected chi connectivity index (χ2v) is 7.03. The lowest BCUT2D eigenvalue weighted by Gasteiger charge is -2.04. The molecule has 0 saturated heterocycles. The Morgan fingerprint density at radius 1 is 1.08 bits per heavy atom. The molecule has 0 aliphatic carbocycles. The standard InChI is InChI=1S/C18H17NO4S/c1-13-7-9-16(10-8-13)24(20,21)19-18-15(12-22-2)11-14-5-3-4-6-17(14)23-18/h3-11H,12H2,1-2H3/b19-18-. The summed E-state index contributed by atoms with van der Waals surface area (Å²) < 4.78 is 39.8. The Bertz CT molecular complexity index is 1030. The highest BCUT2D eigenvalue weighted by Crippen LogP contribution is 2.16. The van der Waals surface area contributed by atoms with Crippen molar-refractivity contribution < 1.29 is 17.6 Å². The van der Waals surface area contributed by atoms with Gasteiger partial charge in [0.05, 0.1) is 11.5 Å². The van der Waals surface area contributed by atoms with Gasteiger partial charge in [-0.3, -0.25) is 0 Å². The number of rotatable bonds is 4. The number of hydrogen-bond donors (Lipinski definition) is 0. The molecule has 24 heavy (non-hydrogen) atoms. The van der Waals surface area contributed by atoms with Gasteiger partial charge in [-0.05, 0) is 31.2 Å². The quantitative estimate of drug-likeness (QED) is 0.729. The van der Waals surface area contributed by atoms with Crippen molar-refractivity contribution in [3.63, 3.8) is 0 Å². The summed E-state index contributed by atoms with van der Waals surface area (Å²) >= 11 is 0. The van der Waals surface area contributed by atoms with Crippen LogP contribution in [0.15, 0.2) is 68.3 Å². The highest BCUT2D eigenvalue weighted by atomic mass is 32.2. The van der Waals surface area contributed by atoms with Crippen LogP contribution >= 0.6 is 0 Å². The predicted octanol–water partition coefficient (Wildman–Crippen LogP) is 3.18. The molecule has 0 aliphatic heterocycles. The zero-order valence-electron chi connectivity index (χ0n) is 13.4. The van der Waals surface area contributed by atoms with Gasteiger partial charge in [-0.15, -0.1) is 4.40 Å². The van der Waals surface area contributed by atoms with Crippen LogP contribution in [0.3, 0.4) is 0 Å². The lowest BCUT2D eigenvalue weighted by atomic mass is 10.2. The van der Waals surface area contributed by atoms with Crippen LogP contribution in [-0.4, -0.2) is 15.5 Å². The fraction of sp³-hybridized carbons (Fsp3) is 0.167. The summed E-state index contributed by atoms with van der Waals surface area (Å²) in [6.45, 7) is 2.10. The van der Waals surface area contributed by atoms with Crippen molar-refractivity contribution in [2.75, 3.05) is 7.11 Å². The first-order valence-electron chi connectivity index (χ1n) is 7.38. The topological polar surface area (TPSA) is 68.9 Å². The smallest absolute Gasteiger partial charge is 0.285 e. The Labute approximate surface area is 140 Å². The molecule has 124 valence electrons. The average molecular weight is 343 g/mol. The van der Waals surface area contributed by atoms with E-state index in [0.29, 0.717) is 11.1 Å².